The van der Waals surface area contributed by atoms with Gasteiger partial charge in [-0.15, -0.1) is 0 Å². The Balaban J connectivity index is 2.06. The highest BCUT2D eigenvalue weighted by atomic mass is 16.5. The molecule has 0 saturated carbocycles. The van der Waals surface area contributed by atoms with Crippen LogP contribution in [0.25, 0.3) is 22.4 Å². The van der Waals surface area contributed by atoms with E-state index in [4.69, 9.17) is 23.5 Å². The number of benzene rings is 2. The van der Waals surface area contributed by atoms with E-state index in [1.807, 2.05) is 26.0 Å². The minimum atomic E-state index is -0.399. The van der Waals surface area contributed by atoms with Crippen LogP contribution in [-0.2, 0) is 4.79 Å². The fourth-order valence-electron chi connectivity index (χ4n) is 3.37. The van der Waals surface area contributed by atoms with Gasteiger partial charge in [0.05, 0.1) is 34.1 Å². The standard InChI is InChI=1S/C24H29N3O6/c1-13(2)21(25)24(28)26-17-9-14(7-8-18(17)29-3)16-12-33-27-22(16)15-10-19(30-4)23(32-6)20(11-15)31-5/h7-13,21H,25H2,1-6H3,(H,26,28)/p+1. The fourth-order valence-corrected chi connectivity index (χ4v) is 3.37. The molecule has 1 atom stereocenters. The molecule has 1 aromatic heterocycles. The van der Waals surface area contributed by atoms with Gasteiger partial charge >= 0.3 is 0 Å². The average molecular weight is 457 g/mol. The van der Waals surface area contributed by atoms with Crippen LogP contribution in [0.1, 0.15) is 13.8 Å². The van der Waals surface area contributed by atoms with Crippen molar-refractivity contribution in [3.05, 3.63) is 36.6 Å². The van der Waals surface area contributed by atoms with Gasteiger partial charge in [0.1, 0.15) is 17.7 Å². The molecular formula is C24H30N3O6+. The third-order valence-electron chi connectivity index (χ3n) is 5.42. The molecule has 2 aromatic carbocycles. The Morgan fingerprint density at radius 1 is 0.939 bits per heavy atom. The maximum absolute atomic E-state index is 12.6. The summed E-state index contributed by atoms with van der Waals surface area (Å²) in [5, 5.41) is 7.12. The van der Waals surface area contributed by atoms with Crippen molar-refractivity contribution in [3.8, 4) is 45.4 Å². The summed E-state index contributed by atoms with van der Waals surface area (Å²) in [5.74, 6) is 1.93. The molecule has 0 aliphatic carbocycles. The quantitative estimate of drug-likeness (QED) is 0.507. The molecule has 1 heterocycles. The summed E-state index contributed by atoms with van der Waals surface area (Å²) >= 11 is 0. The average Bonchev–Trinajstić information content (AvgIpc) is 3.32. The molecule has 0 aliphatic heterocycles. The third-order valence-corrected chi connectivity index (χ3v) is 5.42. The maximum Gasteiger partial charge on any atom is 0.282 e. The van der Waals surface area contributed by atoms with Gasteiger partial charge in [-0.25, -0.2) is 0 Å². The van der Waals surface area contributed by atoms with Crippen LogP contribution in [0.5, 0.6) is 23.0 Å². The summed E-state index contributed by atoms with van der Waals surface area (Å²) in [4.78, 5) is 12.6. The summed E-state index contributed by atoms with van der Waals surface area (Å²) in [6, 6.07) is 8.66. The second-order valence-electron chi connectivity index (χ2n) is 7.75. The minimum absolute atomic E-state index is 0.101. The molecule has 1 amide bonds. The van der Waals surface area contributed by atoms with Gasteiger partial charge in [-0.2, -0.15) is 0 Å². The highest BCUT2D eigenvalue weighted by Gasteiger charge is 2.23. The first-order valence-corrected chi connectivity index (χ1v) is 10.4. The topological polar surface area (TPSA) is 120 Å². The maximum atomic E-state index is 12.6. The van der Waals surface area contributed by atoms with Crippen LogP contribution < -0.4 is 30.0 Å². The fraction of sp³-hybridized carbons (Fsp3) is 0.333. The van der Waals surface area contributed by atoms with Crippen molar-refractivity contribution in [1.29, 1.82) is 0 Å². The van der Waals surface area contributed by atoms with Crippen LogP contribution in [-0.4, -0.2) is 45.5 Å². The van der Waals surface area contributed by atoms with Crippen LogP contribution in [0.2, 0.25) is 0 Å². The smallest absolute Gasteiger partial charge is 0.282 e. The molecule has 0 aliphatic rings. The van der Waals surface area contributed by atoms with Gasteiger partial charge in [0.25, 0.3) is 5.91 Å². The van der Waals surface area contributed by atoms with E-state index in [0.717, 1.165) is 11.1 Å². The number of amides is 1. The lowest BCUT2D eigenvalue weighted by molar-refractivity contribution is -0.412. The molecule has 176 valence electrons. The molecule has 3 aromatic rings. The number of rotatable bonds is 9. The Labute approximate surface area is 192 Å². The van der Waals surface area contributed by atoms with Gasteiger partial charge < -0.3 is 34.5 Å². The monoisotopic (exact) mass is 456 g/mol. The predicted octanol–water partition coefficient (Wildman–Crippen LogP) is 3.25. The van der Waals surface area contributed by atoms with E-state index in [1.165, 1.54) is 0 Å². The zero-order valence-corrected chi connectivity index (χ0v) is 19.7. The number of hydrogen-bond acceptors (Lipinski definition) is 7. The number of carbonyl (C=O) groups excluding carboxylic acids is 1. The van der Waals surface area contributed by atoms with Gasteiger partial charge in [0, 0.05) is 17.0 Å². The molecule has 1 unspecified atom stereocenters. The van der Waals surface area contributed by atoms with Crippen LogP contribution in [0, 0.1) is 5.92 Å². The molecule has 3 rings (SSSR count). The molecule has 9 heteroatoms. The zero-order chi connectivity index (χ0) is 24.1. The van der Waals surface area contributed by atoms with E-state index in [-0.39, 0.29) is 11.8 Å². The van der Waals surface area contributed by atoms with Crippen LogP contribution >= 0.6 is 0 Å². The largest absolute Gasteiger partial charge is 0.495 e. The Kier molecular flexibility index (Phi) is 7.44. The number of methoxy groups -OCH3 is 4. The molecule has 4 N–H and O–H groups in total. The van der Waals surface area contributed by atoms with E-state index in [1.54, 1.807) is 52.9 Å². The summed E-state index contributed by atoms with van der Waals surface area (Å²) < 4.78 is 27.1. The van der Waals surface area contributed by atoms with Crippen LogP contribution in [0.3, 0.4) is 0 Å². The van der Waals surface area contributed by atoms with Crippen LogP contribution in [0.4, 0.5) is 5.69 Å². The van der Waals surface area contributed by atoms with Gasteiger partial charge in [-0.3, -0.25) is 4.79 Å². The summed E-state index contributed by atoms with van der Waals surface area (Å²) in [7, 11) is 6.20. The molecule has 0 bridgehead atoms. The summed E-state index contributed by atoms with van der Waals surface area (Å²) in [5.41, 5.74) is 7.28. The van der Waals surface area contributed by atoms with Crippen molar-refractivity contribution in [1.82, 2.24) is 5.16 Å². The van der Waals surface area contributed by atoms with Gasteiger partial charge in [0.15, 0.2) is 17.5 Å². The molecule has 0 radical (unpaired) electrons. The van der Waals surface area contributed by atoms with Crippen molar-refractivity contribution in [3.63, 3.8) is 0 Å². The Morgan fingerprint density at radius 3 is 2.12 bits per heavy atom. The normalized spacial score (nSPS) is 11.8. The van der Waals surface area contributed by atoms with Gasteiger partial charge in [-0.1, -0.05) is 25.1 Å². The lowest BCUT2D eigenvalue weighted by atomic mass is 10.00. The van der Waals surface area contributed by atoms with Gasteiger partial charge in [0.2, 0.25) is 5.75 Å². The molecular weight excluding hydrogens is 426 g/mol. The van der Waals surface area contributed by atoms with E-state index < -0.39 is 6.04 Å². The van der Waals surface area contributed by atoms with Crippen LogP contribution in [0.15, 0.2) is 41.1 Å². The molecule has 33 heavy (non-hydrogen) atoms. The number of hydrogen-bond donors (Lipinski definition) is 2. The number of anilines is 1. The van der Waals surface area contributed by atoms with Crippen molar-refractivity contribution >= 4 is 11.6 Å². The Bertz CT molecular complexity index is 1100. The second-order valence-corrected chi connectivity index (χ2v) is 7.75. The number of carbonyl (C=O) groups is 1. The number of nitrogens with one attached hydrogen (secondary N) is 1. The van der Waals surface area contributed by atoms with E-state index in [2.05, 4.69) is 16.2 Å². The van der Waals surface area contributed by atoms with Crippen molar-refractivity contribution in [2.75, 3.05) is 33.8 Å². The number of ether oxygens (including phenoxy) is 4. The van der Waals surface area contributed by atoms with E-state index >= 15 is 0 Å². The van der Waals surface area contributed by atoms with Crippen molar-refractivity contribution in [2.24, 2.45) is 5.92 Å². The minimum Gasteiger partial charge on any atom is -0.495 e. The first-order chi connectivity index (χ1) is 15.8. The molecule has 9 nitrogen and oxygen atoms in total. The molecule has 0 saturated heterocycles. The molecule has 0 spiro atoms. The molecule has 0 fully saturated rings. The van der Waals surface area contributed by atoms with E-state index in [0.29, 0.717) is 39.9 Å². The Morgan fingerprint density at radius 2 is 1.58 bits per heavy atom. The zero-order valence-electron chi connectivity index (χ0n) is 19.7. The highest BCUT2D eigenvalue weighted by Crippen LogP contribution is 2.43. The second kappa shape index (κ2) is 10.3. The lowest BCUT2D eigenvalue weighted by Gasteiger charge is -2.16. The first-order valence-electron chi connectivity index (χ1n) is 10.4. The highest BCUT2D eigenvalue weighted by molar-refractivity contribution is 5.96. The van der Waals surface area contributed by atoms with E-state index in [9.17, 15) is 4.79 Å². The summed E-state index contributed by atoms with van der Waals surface area (Å²) in [6.45, 7) is 3.90. The summed E-state index contributed by atoms with van der Waals surface area (Å²) in [6.07, 6.45) is 1.55. The van der Waals surface area contributed by atoms with Gasteiger partial charge in [-0.05, 0) is 29.8 Å². The Hall–Kier alpha value is -3.72. The number of aromatic nitrogens is 1. The number of quaternary nitrogens is 1. The SMILES string of the molecule is COc1ccc(-c2conc2-c2cc(OC)c(OC)c(OC)c2)cc1NC(=O)C([NH3+])C(C)C. The van der Waals surface area contributed by atoms with Crippen molar-refractivity contribution < 1.29 is 34.0 Å². The lowest BCUT2D eigenvalue weighted by Crippen LogP contribution is -2.68. The van der Waals surface area contributed by atoms with Crippen molar-refractivity contribution in [2.45, 2.75) is 19.9 Å². The number of nitrogens with zero attached hydrogens (tertiary/aromatic N) is 1. The first kappa shape index (κ1) is 23.9. The third kappa shape index (κ3) is 4.88. The predicted molar refractivity (Wildman–Crippen MR) is 124 cm³/mol.